The molecule has 1 amide bonds. The van der Waals surface area contributed by atoms with E-state index < -0.39 is 15.0 Å². The first-order valence-electron chi connectivity index (χ1n) is 4.15. The van der Waals surface area contributed by atoms with E-state index in [0.29, 0.717) is 12.1 Å². The summed E-state index contributed by atoms with van der Waals surface area (Å²) in [5.41, 5.74) is 0.118. The van der Waals surface area contributed by atoms with Crippen molar-refractivity contribution in [2.24, 2.45) is 0 Å². The summed E-state index contributed by atoms with van der Waals surface area (Å²) < 4.78 is 22.5. The van der Waals surface area contributed by atoms with Gasteiger partial charge in [-0.25, -0.2) is 8.42 Å². The first-order valence-corrected chi connectivity index (χ1v) is 6.46. The van der Waals surface area contributed by atoms with Crippen LogP contribution in [0.1, 0.15) is 23.1 Å². The van der Waals surface area contributed by atoms with Crippen molar-refractivity contribution in [1.82, 2.24) is 15.5 Å². The van der Waals surface area contributed by atoms with Crippen LogP contribution in [0.3, 0.4) is 0 Å². The molecule has 0 aliphatic heterocycles. The Morgan fingerprint density at radius 3 is 2.60 bits per heavy atom. The van der Waals surface area contributed by atoms with Crippen LogP contribution in [0.15, 0.2) is 4.90 Å². The second kappa shape index (κ2) is 4.19. The van der Waals surface area contributed by atoms with Crippen LogP contribution in [0.25, 0.3) is 0 Å². The van der Waals surface area contributed by atoms with Gasteiger partial charge in [0.1, 0.15) is 4.90 Å². The van der Waals surface area contributed by atoms with Crippen molar-refractivity contribution in [3.63, 3.8) is 0 Å². The number of aromatic amines is 1. The largest absolute Gasteiger partial charge is 0.354 e. The minimum absolute atomic E-state index is 0.204. The zero-order valence-corrected chi connectivity index (χ0v) is 9.74. The molecular formula is C7H10ClN3O3S. The summed E-state index contributed by atoms with van der Waals surface area (Å²) in [6.07, 6.45) is 0.394. The smallest absolute Gasteiger partial charge is 0.272 e. The van der Waals surface area contributed by atoms with Gasteiger partial charge in [-0.15, -0.1) is 0 Å². The van der Waals surface area contributed by atoms with Crippen molar-refractivity contribution < 1.29 is 13.2 Å². The van der Waals surface area contributed by atoms with Crippen LogP contribution in [0.5, 0.6) is 0 Å². The second-order valence-corrected chi connectivity index (χ2v) is 5.25. The molecule has 0 aliphatic rings. The number of rotatable bonds is 3. The number of aromatic nitrogens is 2. The lowest BCUT2D eigenvalue weighted by Gasteiger charge is -1.99. The summed E-state index contributed by atoms with van der Waals surface area (Å²) in [5, 5.41) is 8.38. The van der Waals surface area contributed by atoms with E-state index in [9.17, 15) is 13.2 Å². The molecule has 0 unspecified atom stereocenters. The number of hydrogen-bond donors (Lipinski definition) is 2. The van der Waals surface area contributed by atoms with Gasteiger partial charge >= 0.3 is 0 Å². The average Bonchev–Trinajstić information content (AvgIpc) is 2.59. The molecule has 84 valence electrons. The fraction of sp³-hybridized carbons (Fsp3) is 0.429. The quantitative estimate of drug-likeness (QED) is 0.754. The normalized spacial score (nSPS) is 11.4. The number of nitrogens with one attached hydrogen (secondary N) is 2. The summed E-state index contributed by atoms with van der Waals surface area (Å²) in [7, 11) is 2.63. The molecule has 8 heteroatoms. The van der Waals surface area contributed by atoms with E-state index in [2.05, 4.69) is 15.5 Å². The zero-order valence-electron chi connectivity index (χ0n) is 8.17. The van der Waals surface area contributed by atoms with Crippen molar-refractivity contribution in [2.75, 3.05) is 7.05 Å². The van der Waals surface area contributed by atoms with Gasteiger partial charge < -0.3 is 5.32 Å². The third kappa shape index (κ3) is 2.29. The Morgan fingerprint density at radius 1 is 1.60 bits per heavy atom. The molecule has 1 heterocycles. The van der Waals surface area contributed by atoms with Crippen LogP contribution in [0, 0.1) is 0 Å². The molecule has 15 heavy (non-hydrogen) atoms. The van der Waals surface area contributed by atoms with Crippen molar-refractivity contribution in [3.05, 3.63) is 11.4 Å². The monoisotopic (exact) mass is 251 g/mol. The molecular weight excluding hydrogens is 242 g/mol. The van der Waals surface area contributed by atoms with Gasteiger partial charge in [0.2, 0.25) is 0 Å². The van der Waals surface area contributed by atoms with Gasteiger partial charge in [-0.3, -0.25) is 9.89 Å². The third-order valence-corrected chi connectivity index (χ3v) is 3.22. The van der Waals surface area contributed by atoms with Crippen molar-refractivity contribution in [1.29, 1.82) is 0 Å². The molecule has 1 aromatic heterocycles. The number of halogens is 1. The number of H-pyrrole nitrogens is 1. The Labute approximate surface area is 91.4 Å². The summed E-state index contributed by atoms with van der Waals surface area (Å²) >= 11 is 0. The lowest BCUT2D eigenvalue weighted by molar-refractivity contribution is 0.0955. The van der Waals surface area contributed by atoms with Crippen molar-refractivity contribution >= 4 is 25.6 Å². The number of carbonyl (C=O) groups excluding carboxylic acids is 1. The molecule has 0 saturated heterocycles. The van der Waals surface area contributed by atoms with Crippen molar-refractivity contribution in [2.45, 2.75) is 18.2 Å². The number of hydrogen-bond acceptors (Lipinski definition) is 4. The lowest BCUT2D eigenvalue weighted by Crippen LogP contribution is -2.20. The summed E-state index contributed by atoms with van der Waals surface area (Å²) in [6.45, 7) is 1.73. The van der Waals surface area contributed by atoms with Gasteiger partial charge in [-0.1, -0.05) is 6.92 Å². The molecule has 0 aliphatic carbocycles. The van der Waals surface area contributed by atoms with Gasteiger partial charge in [-0.2, -0.15) is 5.10 Å². The Kier molecular flexibility index (Phi) is 3.35. The zero-order chi connectivity index (χ0) is 11.6. The molecule has 1 rings (SSSR count). The molecule has 0 fully saturated rings. The highest BCUT2D eigenvalue weighted by atomic mass is 35.7. The maximum Gasteiger partial charge on any atom is 0.272 e. The topological polar surface area (TPSA) is 91.9 Å². The summed E-state index contributed by atoms with van der Waals surface area (Å²) in [6, 6.07) is 0. The summed E-state index contributed by atoms with van der Waals surface area (Å²) in [4.78, 5) is 11.0. The van der Waals surface area contributed by atoms with Crippen LogP contribution < -0.4 is 5.32 Å². The third-order valence-electron chi connectivity index (χ3n) is 1.83. The van der Waals surface area contributed by atoms with Crippen LogP contribution in [-0.4, -0.2) is 31.6 Å². The molecule has 0 aromatic carbocycles. The van der Waals surface area contributed by atoms with Gasteiger partial charge in [0.15, 0.2) is 5.69 Å². The second-order valence-electron chi connectivity index (χ2n) is 2.75. The Morgan fingerprint density at radius 2 is 2.20 bits per heavy atom. The first kappa shape index (κ1) is 12.0. The molecule has 1 aromatic rings. The molecule has 2 N–H and O–H groups in total. The molecule has 0 spiro atoms. The molecule has 0 saturated carbocycles. The van der Waals surface area contributed by atoms with Gasteiger partial charge in [-0.05, 0) is 6.42 Å². The fourth-order valence-corrected chi connectivity index (χ4v) is 2.49. The van der Waals surface area contributed by atoms with E-state index in [1.807, 2.05) is 0 Å². The van der Waals surface area contributed by atoms with Crippen LogP contribution in [0.2, 0.25) is 0 Å². The van der Waals surface area contributed by atoms with E-state index in [0.717, 1.165) is 0 Å². The van der Waals surface area contributed by atoms with Crippen LogP contribution in [0.4, 0.5) is 0 Å². The fourth-order valence-electron chi connectivity index (χ4n) is 1.14. The Bertz CT molecular complexity index is 480. The molecule has 0 atom stereocenters. The first-order chi connectivity index (χ1) is 6.91. The minimum atomic E-state index is -3.97. The van der Waals surface area contributed by atoms with Crippen LogP contribution >= 0.6 is 10.7 Å². The minimum Gasteiger partial charge on any atom is -0.354 e. The molecule has 0 bridgehead atoms. The molecule has 6 nitrogen and oxygen atoms in total. The van der Waals surface area contributed by atoms with Gasteiger partial charge in [0.25, 0.3) is 15.0 Å². The van der Waals surface area contributed by atoms with E-state index in [1.54, 1.807) is 6.92 Å². The van der Waals surface area contributed by atoms with E-state index in [4.69, 9.17) is 10.7 Å². The highest BCUT2D eigenvalue weighted by Gasteiger charge is 2.26. The highest BCUT2D eigenvalue weighted by Crippen LogP contribution is 2.22. The average molecular weight is 252 g/mol. The highest BCUT2D eigenvalue weighted by molar-refractivity contribution is 8.13. The number of nitrogens with zero attached hydrogens (tertiary/aromatic N) is 1. The van der Waals surface area contributed by atoms with E-state index in [-0.39, 0.29) is 10.6 Å². The number of aryl methyl sites for hydroxylation is 1. The summed E-state index contributed by atoms with van der Waals surface area (Å²) in [5.74, 6) is -0.592. The maximum atomic E-state index is 11.3. The number of amides is 1. The number of carbonyl (C=O) groups is 1. The van der Waals surface area contributed by atoms with E-state index in [1.165, 1.54) is 7.05 Å². The SMILES string of the molecule is CCc1[nH]nc(C(=O)NC)c1S(=O)(=O)Cl. The lowest BCUT2D eigenvalue weighted by atomic mass is 10.3. The van der Waals surface area contributed by atoms with Gasteiger partial charge in [0.05, 0.1) is 5.69 Å². The van der Waals surface area contributed by atoms with Crippen LogP contribution in [-0.2, 0) is 15.5 Å². The Hall–Kier alpha value is -1.08. The van der Waals surface area contributed by atoms with Gasteiger partial charge in [0, 0.05) is 17.7 Å². The Balaban J connectivity index is 3.43. The standard InChI is InChI=1S/C7H10ClN3O3S/c1-3-4-6(15(8,13)14)5(11-10-4)7(12)9-2/h3H2,1-2H3,(H,9,12)(H,10,11). The maximum absolute atomic E-state index is 11.3. The van der Waals surface area contributed by atoms with E-state index >= 15 is 0 Å². The predicted octanol–water partition coefficient (Wildman–Crippen LogP) is 0.259. The predicted molar refractivity (Wildman–Crippen MR) is 54.4 cm³/mol. The van der Waals surface area contributed by atoms with Crippen molar-refractivity contribution in [3.8, 4) is 0 Å². The molecule has 0 radical (unpaired) electrons.